The molecule has 35 heavy (non-hydrogen) atoms. The van der Waals surface area contributed by atoms with E-state index in [1.807, 2.05) is 44.2 Å². The molecule has 0 aromatic heterocycles. The lowest BCUT2D eigenvalue weighted by atomic mass is 9.93. The molecule has 2 aliphatic rings. The van der Waals surface area contributed by atoms with Crippen LogP contribution in [-0.4, -0.2) is 52.6 Å². The van der Waals surface area contributed by atoms with Crippen molar-refractivity contribution in [3.63, 3.8) is 0 Å². The van der Waals surface area contributed by atoms with Gasteiger partial charge in [-0.1, -0.05) is 36.4 Å². The third kappa shape index (κ3) is 5.09. The maximum Gasteiger partial charge on any atom is 0.251 e. The number of fused-ring (bicyclic) bond motifs is 1. The van der Waals surface area contributed by atoms with E-state index in [1.165, 1.54) is 4.90 Å². The molecule has 8 nitrogen and oxygen atoms in total. The molecule has 4 rings (SSSR count). The zero-order valence-corrected chi connectivity index (χ0v) is 20.7. The van der Waals surface area contributed by atoms with Crippen molar-refractivity contribution in [1.29, 1.82) is 5.41 Å². The van der Waals surface area contributed by atoms with E-state index in [0.717, 1.165) is 16.7 Å². The predicted octanol–water partition coefficient (Wildman–Crippen LogP) is 3.08. The number of hydrogen-bond donors (Lipinski definition) is 4. The predicted molar refractivity (Wildman–Crippen MR) is 133 cm³/mol. The molecule has 3 atom stereocenters. The topological polar surface area (TPSA) is 115 Å². The Balaban J connectivity index is 1.60. The van der Waals surface area contributed by atoms with Crippen molar-refractivity contribution in [1.82, 2.24) is 15.5 Å². The Morgan fingerprint density at radius 2 is 1.97 bits per heavy atom. The van der Waals surface area contributed by atoms with Crippen molar-refractivity contribution in [2.45, 2.75) is 63.3 Å². The summed E-state index contributed by atoms with van der Waals surface area (Å²) in [5.41, 5.74) is 1.52. The summed E-state index contributed by atoms with van der Waals surface area (Å²) < 4.78 is 5.28. The van der Waals surface area contributed by atoms with E-state index in [-0.39, 0.29) is 24.2 Å². The smallest absolute Gasteiger partial charge is 0.251 e. The molecule has 1 aliphatic carbocycles. The van der Waals surface area contributed by atoms with E-state index in [4.69, 9.17) is 10.1 Å². The van der Waals surface area contributed by atoms with Crippen LogP contribution in [0.2, 0.25) is 0 Å². The highest BCUT2D eigenvalue weighted by Gasteiger charge is 2.42. The van der Waals surface area contributed by atoms with Crippen molar-refractivity contribution >= 4 is 17.8 Å². The third-order valence-electron chi connectivity index (χ3n) is 6.81. The molecule has 1 saturated heterocycles. The van der Waals surface area contributed by atoms with E-state index < -0.39 is 23.2 Å². The minimum atomic E-state index is -1.09. The van der Waals surface area contributed by atoms with E-state index in [1.54, 1.807) is 32.2 Å². The van der Waals surface area contributed by atoms with Crippen LogP contribution < -0.4 is 10.6 Å². The molecular formula is C27H34N4O4. The van der Waals surface area contributed by atoms with E-state index in [2.05, 4.69) is 10.6 Å². The Hall–Kier alpha value is -3.23. The summed E-state index contributed by atoms with van der Waals surface area (Å²) in [5, 5.41) is 25.6. The van der Waals surface area contributed by atoms with Gasteiger partial charge in [0.15, 0.2) is 5.96 Å². The maximum atomic E-state index is 13.3. The van der Waals surface area contributed by atoms with Crippen LogP contribution in [0.25, 0.3) is 0 Å². The van der Waals surface area contributed by atoms with Gasteiger partial charge in [0.05, 0.1) is 17.7 Å². The van der Waals surface area contributed by atoms with Crippen LogP contribution in [0.4, 0.5) is 0 Å². The van der Waals surface area contributed by atoms with Gasteiger partial charge in [0, 0.05) is 37.7 Å². The minimum Gasteiger partial charge on any atom is -0.387 e. The van der Waals surface area contributed by atoms with Gasteiger partial charge in [-0.2, -0.15) is 0 Å². The Morgan fingerprint density at radius 3 is 2.69 bits per heavy atom. The molecule has 0 bridgehead atoms. The number of methoxy groups -OCH3 is 1. The van der Waals surface area contributed by atoms with Crippen LogP contribution in [0.3, 0.4) is 0 Å². The number of carbonyl (C=O) groups excluding carboxylic acids is 2. The Labute approximate surface area is 206 Å². The second-order valence-electron chi connectivity index (χ2n) is 10.4. The van der Waals surface area contributed by atoms with Gasteiger partial charge in [-0.15, -0.1) is 0 Å². The van der Waals surface area contributed by atoms with Gasteiger partial charge >= 0.3 is 0 Å². The number of amides is 2. The Kier molecular flexibility index (Phi) is 6.71. The van der Waals surface area contributed by atoms with Gasteiger partial charge in [-0.05, 0) is 56.0 Å². The molecule has 0 spiro atoms. The summed E-state index contributed by atoms with van der Waals surface area (Å²) in [6, 6.07) is 13.9. The van der Waals surface area contributed by atoms with Crippen LogP contribution in [0.5, 0.6) is 0 Å². The fourth-order valence-electron chi connectivity index (χ4n) is 5.15. The molecule has 0 radical (unpaired) electrons. The molecule has 0 unspecified atom stereocenters. The summed E-state index contributed by atoms with van der Waals surface area (Å²) in [6.07, 6.45) is 1.20. The molecule has 2 aromatic rings. The summed E-state index contributed by atoms with van der Waals surface area (Å²) >= 11 is 0. The Bertz CT molecular complexity index is 1120. The van der Waals surface area contributed by atoms with Crippen LogP contribution in [0, 0.1) is 5.41 Å². The number of aliphatic hydroxyl groups is 1. The molecule has 8 heteroatoms. The van der Waals surface area contributed by atoms with E-state index >= 15 is 0 Å². The zero-order valence-electron chi connectivity index (χ0n) is 20.7. The lowest BCUT2D eigenvalue weighted by Crippen LogP contribution is -2.60. The molecule has 0 saturated carbocycles. The number of ether oxygens (including phenoxy) is 1. The molecule has 2 amide bonds. The van der Waals surface area contributed by atoms with Gasteiger partial charge in [0.1, 0.15) is 0 Å². The highest BCUT2D eigenvalue weighted by atomic mass is 16.5. The van der Waals surface area contributed by atoms with Gasteiger partial charge in [-0.3, -0.25) is 19.9 Å². The number of rotatable bonds is 7. The van der Waals surface area contributed by atoms with Crippen LogP contribution in [0.15, 0.2) is 48.5 Å². The first-order chi connectivity index (χ1) is 16.5. The van der Waals surface area contributed by atoms with Gasteiger partial charge in [0.25, 0.3) is 5.91 Å². The van der Waals surface area contributed by atoms with Gasteiger partial charge in [0.2, 0.25) is 5.91 Å². The fraction of sp³-hybridized carbons (Fsp3) is 0.444. The summed E-state index contributed by atoms with van der Waals surface area (Å²) in [6.45, 7) is 5.91. The van der Waals surface area contributed by atoms with Crippen molar-refractivity contribution < 1.29 is 19.4 Å². The summed E-state index contributed by atoms with van der Waals surface area (Å²) in [4.78, 5) is 27.8. The third-order valence-corrected chi connectivity index (χ3v) is 6.81. The summed E-state index contributed by atoms with van der Waals surface area (Å²) in [5.74, 6) is -0.409. The molecule has 2 aromatic carbocycles. The Morgan fingerprint density at radius 1 is 1.23 bits per heavy atom. The molecule has 1 fully saturated rings. The molecule has 1 heterocycles. The average Bonchev–Trinajstić information content (AvgIpc) is 3.04. The minimum absolute atomic E-state index is 0.0424. The number of benzene rings is 2. The van der Waals surface area contributed by atoms with Gasteiger partial charge < -0.3 is 20.5 Å². The maximum absolute atomic E-state index is 13.3. The van der Waals surface area contributed by atoms with Crippen LogP contribution in [-0.2, 0) is 16.0 Å². The largest absolute Gasteiger partial charge is 0.387 e. The quantitative estimate of drug-likeness (QED) is 0.488. The molecular weight excluding hydrogens is 444 g/mol. The summed E-state index contributed by atoms with van der Waals surface area (Å²) in [7, 11) is 1.59. The molecule has 186 valence electrons. The van der Waals surface area contributed by atoms with Crippen molar-refractivity contribution in [2.75, 3.05) is 13.7 Å². The monoisotopic (exact) mass is 478 g/mol. The number of carbonyl (C=O) groups is 2. The highest BCUT2D eigenvalue weighted by Crippen LogP contribution is 2.39. The van der Waals surface area contributed by atoms with Crippen LogP contribution >= 0.6 is 0 Å². The fourth-order valence-corrected chi connectivity index (χ4v) is 5.15. The van der Waals surface area contributed by atoms with Crippen molar-refractivity contribution in [2.24, 2.45) is 0 Å². The number of guanidine groups is 1. The van der Waals surface area contributed by atoms with Crippen LogP contribution in [0.1, 0.15) is 72.7 Å². The number of nitrogens with one attached hydrogen (secondary N) is 3. The SMILES string of the molecule is COCC[C@H](c1cccc(C(=O)N[C@@H]2c3ccccc3C[C@]2(C)O)c1)N1C(=N)NC(C)(C)CC1=O. The van der Waals surface area contributed by atoms with Gasteiger partial charge in [-0.25, -0.2) is 0 Å². The second-order valence-corrected chi connectivity index (χ2v) is 10.4. The zero-order chi connectivity index (χ0) is 25.4. The normalized spacial score (nSPS) is 24.0. The first kappa shape index (κ1) is 24.9. The first-order valence-corrected chi connectivity index (χ1v) is 11.9. The number of hydrogen-bond acceptors (Lipinski definition) is 5. The standard InChI is InChI=1S/C27H34N4O4/c1-26(2)16-22(32)31(25(28)30-26)21(12-13-35-4)17-9-7-10-18(14-17)24(33)29-23-20-11-6-5-8-19(20)15-27(23,3)34/h5-11,14,21,23,34H,12-13,15-16H2,1-4H3,(H2,28,30)(H,29,33)/t21-,23-,27+/m1/s1. The molecule has 1 aliphatic heterocycles. The molecule has 4 N–H and O–H groups in total. The van der Waals surface area contributed by atoms with E-state index in [9.17, 15) is 14.7 Å². The lowest BCUT2D eigenvalue weighted by molar-refractivity contribution is -0.132. The highest BCUT2D eigenvalue weighted by molar-refractivity contribution is 5.99. The second kappa shape index (κ2) is 9.43. The average molecular weight is 479 g/mol. The first-order valence-electron chi connectivity index (χ1n) is 11.9. The van der Waals surface area contributed by atoms with Crippen molar-refractivity contribution in [3.05, 3.63) is 70.8 Å². The van der Waals surface area contributed by atoms with E-state index in [0.29, 0.717) is 25.0 Å². The lowest BCUT2D eigenvalue weighted by Gasteiger charge is -2.42. The number of nitrogens with zero attached hydrogens (tertiary/aromatic N) is 1. The van der Waals surface area contributed by atoms with Crippen molar-refractivity contribution in [3.8, 4) is 0 Å².